The summed E-state index contributed by atoms with van der Waals surface area (Å²) in [6.45, 7) is 3.22. The minimum atomic E-state index is -0.274. The maximum absolute atomic E-state index is 12.6. The molecular formula is C19H21N3O3. The lowest BCUT2D eigenvalue weighted by Gasteiger charge is -2.44. The van der Waals surface area contributed by atoms with Crippen molar-refractivity contribution in [2.45, 2.75) is 37.8 Å². The van der Waals surface area contributed by atoms with Crippen LogP contribution in [-0.2, 0) is 4.74 Å². The van der Waals surface area contributed by atoms with Crippen LogP contribution in [0.4, 0.5) is 0 Å². The fourth-order valence-corrected chi connectivity index (χ4v) is 3.54. The van der Waals surface area contributed by atoms with Crippen LogP contribution in [-0.4, -0.2) is 34.7 Å². The van der Waals surface area contributed by atoms with E-state index in [2.05, 4.69) is 15.3 Å². The first kappa shape index (κ1) is 16.0. The van der Waals surface area contributed by atoms with Crippen molar-refractivity contribution in [3.8, 4) is 5.75 Å². The maximum atomic E-state index is 12.6. The Hall–Kier alpha value is -2.47. The molecular weight excluding hydrogens is 318 g/mol. The summed E-state index contributed by atoms with van der Waals surface area (Å²) < 4.78 is 11.8. The molecule has 25 heavy (non-hydrogen) atoms. The summed E-state index contributed by atoms with van der Waals surface area (Å²) in [5, 5.41) is 3.12. The second-order valence-corrected chi connectivity index (χ2v) is 6.71. The lowest BCUT2D eigenvalue weighted by molar-refractivity contribution is -0.0639. The topological polar surface area (TPSA) is 73.3 Å². The number of carbonyl (C=O) groups is 1. The highest BCUT2D eigenvalue weighted by Gasteiger charge is 2.42. The summed E-state index contributed by atoms with van der Waals surface area (Å²) in [6.07, 6.45) is 5.52. The molecule has 1 aromatic heterocycles. The zero-order chi connectivity index (χ0) is 17.3. The van der Waals surface area contributed by atoms with Crippen LogP contribution < -0.4 is 10.1 Å². The smallest absolute Gasteiger partial charge is 0.271 e. The number of para-hydroxylation sites is 1. The molecule has 2 aromatic rings. The second kappa shape index (κ2) is 6.44. The van der Waals surface area contributed by atoms with Crippen LogP contribution in [0.1, 0.15) is 47.1 Å². The number of amides is 1. The van der Waals surface area contributed by atoms with Crippen LogP contribution in [0.3, 0.4) is 0 Å². The number of rotatable bonds is 2. The van der Waals surface area contributed by atoms with Crippen molar-refractivity contribution >= 4 is 5.91 Å². The van der Waals surface area contributed by atoms with Crippen molar-refractivity contribution in [2.75, 3.05) is 13.2 Å². The number of nitrogens with one attached hydrogen (secondary N) is 1. The minimum absolute atomic E-state index is 0.112. The fourth-order valence-electron chi connectivity index (χ4n) is 3.54. The Morgan fingerprint density at radius 1 is 1.20 bits per heavy atom. The van der Waals surface area contributed by atoms with Gasteiger partial charge in [0.05, 0.1) is 31.1 Å². The quantitative estimate of drug-likeness (QED) is 0.910. The molecule has 4 rings (SSSR count). The molecule has 6 nitrogen and oxygen atoms in total. The number of nitrogens with zero attached hydrogens (tertiary/aromatic N) is 2. The van der Waals surface area contributed by atoms with Gasteiger partial charge in [-0.2, -0.15) is 0 Å². The largest absolute Gasteiger partial charge is 0.487 e. The van der Waals surface area contributed by atoms with E-state index in [1.54, 1.807) is 6.20 Å². The highest BCUT2D eigenvalue weighted by atomic mass is 16.5. The third kappa shape index (κ3) is 3.22. The molecule has 130 valence electrons. The molecule has 1 spiro atoms. The average molecular weight is 339 g/mol. The Balaban J connectivity index is 1.60. The van der Waals surface area contributed by atoms with Crippen LogP contribution in [0.2, 0.25) is 0 Å². The Kier molecular flexibility index (Phi) is 4.13. The molecule has 2 aliphatic rings. The molecule has 0 aliphatic carbocycles. The number of ether oxygens (including phenoxy) is 2. The molecule has 1 N–H and O–H groups in total. The first-order valence-corrected chi connectivity index (χ1v) is 8.60. The predicted molar refractivity (Wildman–Crippen MR) is 91.4 cm³/mol. The molecule has 1 atom stereocenters. The zero-order valence-electron chi connectivity index (χ0n) is 14.2. The van der Waals surface area contributed by atoms with Crippen LogP contribution in [0.5, 0.6) is 5.75 Å². The third-order valence-corrected chi connectivity index (χ3v) is 4.92. The molecule has 0 bridgehead atoms. The van der Waals surface area contributed by atoms with E-state index in [9.17, 15) is 4.79 Å². The summed E-state index contributed by atoms with van der Waals surface area (Å²) in [5.74, 6) is 0.632. The molecule has 6 heteroatoms. The van der Waals surface area contributed by atoms with Crippen molar-refractivity contribution in [3.05, 3.63) is 53.6 Å². The van der Waals surface area contributed by atoms with Crippen LogP contribution in [0.15, 0.2) is 36.7 Å². The van der Waals surface area contributed by atoms with Gasteiger partial charge in [-0.1, -0.05) is 18.2 Å². The maximum Gasteiger partial charge on any atom is 0.271 e. The number of fused-ring (bicyclic) bond motifs is 1. The number of hydrogen-bond acceptors (Lipinski definition) is 5. The van der Waals surface area contributed by atoms with Crippen LogP contribution in [0.25, 0.3) is 0 Å². The van der Waals surface area contributed by atoms with Crippen molar-refractivity contribution in [2.24, 2.45) is 0 Å². The van der Waals surface area contributed by atoms with Gasteiger partial charge in [-0.25, -0.2) is 4.98 Å². The zero-order valence-corrected chi connectivity index (χ0v) is 14.2. The normalized spacial score (nSPS) is 21.2. The van der Waals surface area contributed by atoms with E-state index < -0.39 is 0 Å². The minimum Gasteiger partial charge on any atom is -0.487 e. The summed E-state index contributed by atoms with van der Waals surface area (Å²) in [7, 11) is 0. The molecule has 1 amide bonds. The lowest BCUT2D eigenvalue weighted by atomic mass is 9.82. The first-order valence-electron chi connectivity index (χ1n) is 8.60. The molecule has 1 saturated heterocycles. The summed E-state index contributed by atoms with van der Waals surface area (Å²) in [4.78, 5) is 21.0. The summed E-state index contributed by atoms with van der Waals surface area (Å²) >= 11 is 0. The van der Waals surface area contributed by atoms with E-state index in [0.717, 1.165) is 36.3 Å². The number of aryl methyl sites for hydroxylation is 1. The predicted octanol–water partition coefficient (Wildman–Crippen LogP) is 2.59. The van der Waals surface area contributed by atoms with Gasteiger partial charge in [0.25, 0.3) is 5.91 Å². The van der Waals surface area contributed by atoms with Crippen LogP contribution >= 0.6 is 0 Å². The summed E-state index contributed by atoms with van der Waals surface area (Å²) in [5.41, 5.74) is 1.85. The molecule has 2 aliphatic heterocycles. The Morgan fingerprint density at radius 3 is 2.76 bits per heavy atom. The summed E-state index contributed by atoms with van der Waals surface area (Å²) in [6, 6.07) is 7.79. The Bertz CT molecular complexity index is 770. The number of carbonyl (C=O) groups excluding carboxylic acids is 1. The Labute approximate surface area is 146 Å². The monoisotopic (exact) mass is 339 g/mol. The Morgan fingerprint density at radius 2 is 2.00 bits per heavy atom. The second-order valence-electron chi connectivity index (χ2n) is 6.71. The van der Waals surface area contributed by atoms with Gasteiger partial charge in [-0.15, -0.1) is 0 Å². The van der Waals surface area contributed by atoms with Gasteiger partial charge in [0, 0.05) is 31.0 Å². The first-order chi connectivity index (χ1) is 12.2. The van der Waals surface area contributed by atoms with Crippen molar-refractivity contribution in [1.82, 2.24) is 15.3 Å². The number of aromatic nitrogens is 2. The number of benzene rings is 1. The van der Waals surface area contributed by atoms with Crippen LogP contribution in [0, 0.1) is 6.92 Å². The van der Waals surface area contributed by atoms with Crippen molar-refractivity contribution < 1.29 is 14.3 Å². The van der Waals surface area contributed by atoms with Gasteiger partial charge in [-0.05, 0) is 13.0 Å². The van der Waals surface area contributed by atoms with E-state index in [-0.39, 0.29) is 17.6 Å². The van der Waals surface area contributed by atoms with Gasteiger partial charge >= 0.3 is 0 Å². The van der Waals surface area contributed by atoms with E-state index in [0.29, 0.717) is 18.9 Å². The molecule has 0 saturated carbocycles. The van der Waals surface area contributed by atoms with Gasteiger partial charge < -0.3 is 14.8 Å². The van der Waals surface area contributed by atoms with Crippen molar-refractivity contribution in [3.63, 3.8) is 0 Å². The highest BCUT2D eigenvalue weighted by Crippen LogP contribution is 2.43. The molecule has 1 fully saturated rings. The fraction of sp³-hybridized carbons (Fsp3) is 0.421. The van der Waals surface area contributed by atoms with Gasteiger partial charge in [0.2, 0.25) is 0 Å². The third-order valence-electron chi connectivity index (χ3n) is 4.92. The van der Waals surface area contributed by atoms with Gasteiger partial charge in [0.15, 0.2) is 0 Å². The van der Waals surface area contributed by atoms with E-state index in [1.807, 2.05) is 31.2 Å². The average Bonchev–Trinajstić information content (AvgIpc) is 2.63. The highest BCUT2D eigenvalue weighted by molar-refractivity contribution is 5.92. The SMILES string of the molecule is Cc1cnc(C(=O)NC2CC3(CCOCC3)Oc3ccccc32)cn1. The van der Waals surface area contributed by atoms with Gasteiger partial charge in [0.1, 0.15) is 17.0 Å². The molecule has 3 heterocycles. The van der Waals surface area contributed by atoms with Gasteiger partial charge in [-0.3, -0.25) is 9.78 Å². The van der Waals surface area contributed by atoms with E-state index in [1.165, 1.54) is 6.20 Å². The van der Waals surface area contributed by atoms with E-state index in [4.69, 9.17) is 9.47 Å². The standard InChI is InChI=1S/C19H21N3O3/c1-13-11-21-16(12-20-13)18(23)22-15-10-19(6-8-24-9-7-19)25-17-5-3-2-4-14(15)17/h2-5,11-12,15H,6-10H2,1H3,(H,22,23). The molecule has 1 aromatic carbocycles. The lowest BCUT2D eigenvalue weighted by Crippen LogP contribution is -2.48. The molecule has 1 unspecified atom stereocenters. The van der Waals surface area contributed by atoms with Crippen molar-refractivity contribution in [1.29, 1.82) is 0 Å². The van der Waals surface area contributed by atoms with E-state index >= 15 is 0 Å². The molecule has 0 radical (unpaired) electrons. The number of hydrogen-bond donors (Lipinski definition) is 1.